The van der Waals surface area contributed by atoms with Gasteiger partial charge in [-0.15, -0.1) is 0 Å². The van der Waals surface area contributed by atoms with Gasteiger partial charge in [0.15, 0.2) is 0 Å². The van der Waals surface area contributed by atoms with E-state index < -0.39 is 0 Å². The number of nitrogens with zero attached hydrogens (tertiary/aromatic N) is 1. The van der Waals surface area contributed by atoms with Crippen molar-refractivity contribution >= 4 is 0 Å². The first kappa shape index (κ1) is 16.5. The fourth-order valence-electron chi connectivity index (χ4n) is 3.55. The third kappa shape index (κ3) is 3.65. The summed E-state index contributed by atoms with van der Waals surface area (Å²) >= 11 is 0. The molecule has 0 saturated carbocycles. The van der Waals surface area contributed by atoms with E-state index in [0.29, 0.717) is 12.1 Å². The van der Waals surface area contributed by atoms with Crippen LogP contribution in [0.5, 0.6) is 0 Å². The van der Waals surface area contributed by atoms with Gasteiger partial charge in [-0.1, -0.05) is 43.7 Å². The summed E-state index contributed by atoms with van der Waals surface area (Å²) in [4.78, 5) is 2.63. The molecule has 1 fully saturated rings. The maximum Gasteiger partial charge on any atom is 0.0615 e. The Morgan fingerprint density at radius 2 is 2.10 bits per heavy atom. The van der Waals surface area contributed by atoms with E-state index in [1.54, 1.807) is 7.11 Å². The largest absolute Gasteiger partial charge is 0.383 e. The quantitative estimate of drug-likeness (QED) is 0.871. The predicted octanol–water partition coefficient (Wildman–Crippen LogP) is 3.01. The SMILES string of the molecule is CCCC1CN(C(C)COC)C(C)(c2ccccc2)CN1. The number of benzene rings is 1. The standard InChI is InChI=1S/C18H30N2O/c1-5-9-17-12-20(15(2)13-21-4)18(3,14-19-17)16-10-7-6-8-11-16/h6-8,10-11,15,17,19H,5,9,12-14H2,1-4H3. The first-order valence-corrected chi connectivity index (χ1v) is 8.16. The minimum Gasteiger partial charge on any atom is -0.383 e. The normalized spacial score (nSPS) is 28.5. The summed E-state index contributed by atoms with van der Waals surface area (Å²) in [5.74, 6) is 0. The Morgan fingerprint density at radius 1 is 1.38 bits per heavy atom. The molecule has 118 valence electrons. The van der Waals surface area contributed by atoms with Crippen LogP contribution in [0.25, 0.3) is 0 Å². The minimum atomic E-state index is 0.0312. The number of nitrogens with one attached hydrogen (secondary N) is 1. The van der Waals surface area contributed by atoms with Crippen LogP contribution in [0.2, 0.25) is 0 Å². The van der Waals surface area contributed by atoms with Gasteiger partial charge in [0, 0.05) is 32.3 Å². The van der Waals surface area contributed by atoms with Crippen LogP contribution in [0.15, 0.2) is 30.3 Å². The molecule has 1 aliphatic heterocycles. The van der Waals surface area contributed by atoms with Crippen LogP contribution in [-0.2, 0) is 10.3 Å². The van der Waals surface area contributed by atoms with Crippen LogP contribution in [0.3, 0.4) is 0 Å². The molecule has 1 heterocycles. The summed E-state index contributed by atoms with van der Waals surface area (Å²) in [6, 6.07) is 11.9. The van der Waals surface area contributed by atoms with Crippen molar-refractivity contribution in [2.75, 3.05) is 26.8 Å². The van der Waals surface area contributed by atoms with Crippen molar-refractivity contribution in [2.45, 2.75) is 51.2 Å². The molecule has 0 radical (unpaired) electrons. The second-order valence-electron chi connectivity index (χ2n) is 6.46. The second kappa shape index (κ2) is 7.39. The molecular formula is C18H30N2O. The molecular weight excluding hydrogens is 260 g/mol. The number of hydrogen-bond donors (Lipinski definition) is 1. The van der Waals surface area contributed by atoms with Crippen LogP contribution in [-0.4, -0.2) is 43.8 Å². The molecule has 1 aromatic carbocycles. The van der Waals surface area contributed by atoms with Gasteiger partial charge in [0.05, 0.1) is 12.1 Å². The minimum absolute atomic E-state index is 0.0312. The highest BCUT2D eigenvalue weighted by Crippen LogP contribution is 2.33. The molecule has 0 spiro atoms. The molecule has 1 aliphatic rings. The molecule has 0 bridgehead atoms. The van der Waals surface area contributed by atoms with E-state index >= 15 is 0 Å². The lowest BCUT2D eigenvalue weighted by atomic mass is 9.85. The second-order valence-corrected chi connectivity index (χ2v) is 6.46. The number of ether oxygens (including phenoxy) is 1. The van der Waals surface area contributed by atoms with Crippen molar-refractivity contribution in [1.29, 1.82) is 0 Å². The first-order chi connectivity index (χ1) is 10.1. The highest BCUT2D eigenvalue weighted by molar-refractivity contribution is 5.25. The summed E-state index contributed by atoms with van der Waals surface area (Å²) in [6.07, 6.45) is 2.47. The number of rotatable bonds is 6. The van der Waals surface area contributed by atoms with Gasteiger partial charge in [-0.05, 0) is 25.8 Å². The molecule has 3 nitrogen and oxygen atoms in total. The van der Waals surface area contributed by atoms with E-state index in [1.807, 2.05) is 0 Å². The molecule has 2 rings (SSSR count). The van der Waals surface area contributed by atoms with Crippen molar-refractivity contribution in [3.8, 4) is 0 Å². The zero-order chi connectivity index (χ0) is 15.3. The average Bonchev–Trinajstić information content (AvgIpc) is 2.50. The lowest BCUT2D eigenvalue weighted by Gasteiger charge is -2.51. The molecule has 0 aromatic heterocycles. The molecule has 3 heteroatoms. The molecule has 1 N–H and O–H groups in total. The molecule has 1 aromatic rings. The molecule has 1 saturated heterocycles. The van der Waals surface area contributed by atoms with Gasteiger partial charge in [0.2, 0.25) is 0 Å². The van der Waals surface area contributed by atoms with E-state index in [-0.39, 0.29) is 5.54 Å². The Labute approximate surface area is 129 Å². The summed E-state index contributed by atoms with van der Waals surface area (Å²) in [5, 5.41) is 3.75. The van der Waals surface area contributed by atoms with Gasteiger partial charge in [0.25, 0.3) is 0 Å². The summed E-state index contributed by atoms with van der Waals surface area (Å²) in [6.45, 7) is 9.75. The Kier molecular flexibility index (Phi) is 5.80. The van der Waals surface area contributed by atoms with Gasteiger partial charge >= 0.3 is 0 Å². The third-order valence-electron chi connectivity index (χ3n) is 4.76. The van der Waals surface area contributed by atoms with Crippen molar-refractivity contribution in [2.24, 2.45) is 0 Å². The van der Waals surface area contributed by atoms with Gasteiger partial charge in [-0.2, -0.15) is 0 Å². The molecule has 0 amide bonds. The Balaban J connectivity index is 2.25. The van der Waals surface area contributed by atoms with E-state index in [4.69, 9.17) is 4.74 Å². The fraction of sp³-hybridized carbons (Fsp3) is 0.667. The van der Waals surface area contributed by atoms with Crippen molar-refractivity contribution in [3.63, 3.8) is 0 Å². The zero-order valence-corrected chi connectivity index (χ0v) is 13.9. The Bertz CT molecular complexity index is 422. The topological polar surface area (TPSA) is 24.5 Å². The van der Waals surface area contributed by atoms with Crippen LogP contribution in [0, 0.1) is 0 Å². The summed E-state index contributed by atoms with van der Waals surface area (Å²) < 4.78 is 5.42. The number of methoxy groups -OCH3 is 1. The molecule has 0 aliphatic carbocycles. The lowest BCUT2D eigenvalue weighted by Crippen LogP contribution is -2.64. The van der Waals surface area contributed by atoms with Crippen LogP contribution in [0.1, 0.15) is 39.2 Å². The van der Waals surface area contributed by atoms with Crippen LogP contribution < -0.4 is 5.32 Å². The highest BCUT2D eigenvalue weighted by atomic mass is 16.5. The predicted molar refractivity (Wildman–Crippen MR) is 88.5 cm³/mol. The number of piperazine rings is 1. The van der Waals surface area contributed by atoms with Gasteiger partial charge in [-0.3, -0.25) is 4.90 Å². The van der Waals surface area contributed by atoms with Crippen molar-refractivity contribution in [3.05, 3.63) is 35.9 Å². The Hall–Kier alpha value is -0.900. The molecule has 3 atom stereocenters. The summed E-state index contributed by atoms with van der Waals surface area (Å²) in [7, 11) is 1.79. The van der Waals surface area contributed by atoms with Gasteiger partial charge in [-0.25, -0.2) is 0 Å². The summed E-state index contributed by atoms with van der Waals surface area (Å²) in [5.41, 5.74) is 1.42. The van der Waals surface area contributed by atoms with Crippen molar-refractivity contribution < 1.29 is 4.74 Å². The fourth-order valence-corrected chi connectivity index (χ4v) is 3.55. The maximum absolute atomic E-state index is 5.42. The highest BCUT2D eigenvalue weighted by Gasteiger charge is 2.41. The number of hydrogen-bond acceptors (Lipinski definition) is 3. The lowest BCUT2D eigenvalue weighted by molar-refractivity contribution is -0.0136. The van der Waals surface area contributed by atoms with E-state index in [9.17, 15) is 0 Å². The van der Waals surface area contributed by atoms with Gasteiger partial charge < -0.3 is 10.1 Å². The average molecular weight is 290 g/mol. The van der Waals surface area contributed by atoms with E-state index in [2.05, 4.69) is 61.3 Å². The molecule has 3 unspecified atom stereocenters. The van der Waals surface area contributed by atoms with Gasteiger partial charge in [0.1, 0.15) is 0 Å². The third-order valence-corrected chi connectivity index (χ3v) is 4.76. The molecule has 21 heavy (non-hydrogen) atoms. The van der Waals surface area contributed by atoms with Crippen LogP contribution >= 0.6 is 0 Å². The van der Waals surface area contributed by atoms with E-state index in [0.717, 1.165) is 19.7 Å². The van der Waals surface area contributed by atoms with Crippen molar-refractivity contribution in [1.82, 2.24) is 10.2 Å². The van der Waals surface area contributed by atoms with E-state index in [1.165, 1.54) is 18.4 Å². The maximum atomic E-state index is 5.42. The first-order valence-electron chi connectivity index (χ1n) is 8.16. The zero-order valence-electron chi connectivity index (χ0n) is 13.9. The monoisotopic (exact) mass is 290 g/mol. The van der Waals surface area contributed by atoms with Crippen LogP contribution in [0.4, 0.5) is 0 Å². The Morgan fingerprint density at radius 3 is 2.71 bits per heavy atom. The smallest absolute Gasteiger partial charge is 0.0615 e.